The van der Waals surface area contributed by atoms with Crippen LogP contribution in [0.3, 0.4) is 0 Å². The summed E-state index contributed by atoms with van der Waals surface area (Å²) in [5, 5.41) is 8.58. The smallest absolute Gasteiger partial charge is 0.387 e. The van der Waals surface area contributed by atoms with Crippen LogP contribution in [0, 0.1) is 0 Å². The normalized spacial score (nSPS) is 11.8. The molecule has 0 heterocycles. The summed E-state index contributed by atoms with van der Waals surface area (Å²) in [6.45, 7) is -5.01. The molecule has 1 N–H and O–H groups in total. The van der Waals surface area contributed by atoms with Crippen LogP contribution in [0.5, 0.6) is 11.5 Å². The van der Waals surface area contributed by atoms with Crippen LogP contribution >= 0.6 is 0 Å². The number of hydrogen-bond acceptors (Lipinski definition) is 3. The van der Waals surface area contributed by atoms with Gasteiger partial charge in [0, 0.05) is 6.08 Å². The molecule has 0 aliphatic heterocycles. The first-order chi connectivity index (χ1) is 9.29. The topological polar surface area (TPSA) is 55.8 Å². The fourth-order valence-electron chi connectivity index (χ4n) is 1.40. The van der Waals surface area contributed by atoms with Crippen LogP contribution in [0.1, 0.15) is 12.5 Å². The van der Waals surface area contributed by atoms with E-state index in [2.05, 4.69) is 9.47 Å². The Bertz CT molecular complexity index is 514. The van der Waals surface area contributed by atoms with E-state index < -0.39 is 30.7 Å². The van der Waals surface area contributed by atoms with Crippen molar-refractivity contribution in [2.45, 2.75) is 20.1 Å². The van der Waals surface area contributed by atoms with Crippen molar-refractivity contribution in [3.05, 3.63) is 29.8 Å². The van der Waals surface area contributed by atoms with Crippen LogP contribution < -0.4 is 9.47 Å². The lowest BCUT2D eigenvalue weighted by molar-refractivity contribution is -0.131. The highest BCUT2D eigenvalue weighted by molar-refractivity contribution is 5.89. The van der Waals surface area contributed by atoms with Crippen molar-refractivity contribution in [1.82, 2.24) is 0 Å². The number of alkyl halides is 4. The van der Waals surface area contributed by atoms with Gasteiger partial charge in [0.2, 0.25) is 0 Å². The number of hydrogen-bond donors (Lipinski definition) is 1. The summed E-state index contributed by atoms with van der Waals surface area (Å²) in [5.74, 6) is -2.39. The fraction of sp³-hybridized carbons (Fsp3) is 0.250. The van der Waals surface area contributed by atoms with E-state index in [9.17, 15) is 22.4 Å². The summed E-state index contributed by atoms with van der Waals surface area (Å²) in [7, 11) is 0. The highest BCUT2D eigenvalue weighted by Crippen LogP contribution is 2.33. The zero-order valence-corrected chi connectivity index (χ0v) is 10.1. The minimum Gasteiger partial charge on any atom is -0.478 e. The van der Waals surface area contributed by atoms with E-state index in [0.717, 1.165) is 18.2 Å². The molecule has 0 amide bonds. The highest BCUT2D eigenvalue weighted by Gasteiger charge is 2.15. The predicted octanol–water partition coefficient (Wildman–Crippen LogP) is 3.38. The summed E-state index contributed by atoms with van der Waals surface area (Å²) in [6.07, 6.45) is 0.842. The number of carboxylic acid groups (broad SMARTS) is 1. The molecule has 20 heavy (non-hydrogen) atoms. The number of ether oxygens (including phenoxy) is 2. The zero-order chi connectivity index (χ0) is 15.3. The third-order valence-electron chi connectivity index (χ3n) is 2.17. The SMILES string of the molecule is C/C(=C/C(=O)O)c1ccc(OC(F)F)c(OC(F)F)c1. The second-order valence-electron chi connectivity index (χ2n) is 3.58. The molecular formula is C12H10F4O4. The second kappa shape index (κ2) is 6.78. The molecule has 0 saturated heterocycles. The summed E-state index contributed by atoms with van der Waals surface area (Å²) in [6, 6.07) is 3.25. The zero-order valence-electron chi connectivity index (χ0n) is 10.1. The van der Waals surface area contributed by atoms with Crippen molar-refractivity contribution in [3.63, 3.8) is 0 Å². The van der Waals surface area contributed by atoms with Gasteiger partial charge in [-0.15, -0.1) is 0 Å². The molecule has 1 aromatic carbocycles. The molecule has 0 bridgehead atoms. The maximum Gasteiger partial charge on any atom is 0.387 e. The number of allylic oxidation sites excluding steroid dienone is 1. The van der Waals surface area contributed by atoms with Crippen molar-refractivity contribution in [2.75, 3.05) is 0 Å². The lowest BCUT2D eigenvalue weighted by Crippen LogP contribution is -2.08. The number of rotatable bonds is 6. The second-order valence-corrected chi connectivity index (χ2v) is 3.58. The summed E-state index contributed by atoms with van der Waals surface area (Å²) in [5.41, 5.74) is 0.463. The third kappa shape index (κ3) is 4.79. The summed E-state index contributed by atoms with van der Waals surface area (Å²) in [4.78, 5) is 10.5. The van der Waals surface area contributed by atoms with Gasteiger partial charge in [0.05, 0.1) is 0 Å². The molecular weight excluding hydrogens is 284 g/mol. The Balaban J connectivity index is 3.16. The Hall–Kier alpha value is -2.25. The van der Waals surface area contributed by atoms with E-state index >= 15 is 0 Å². The first kappa shape index (κ1) is 15.8. The van der Waals surface area contributed by atoms with E-state index in [-0.39, 0.29) is 11.1 Å². The molecule has 0 aliphatic carbocycles. The van der Waals surface area contributed by atoms with E-state index in [1.54, 1.807) is 0 Å². The standard InChI is InChI=1S/C12H10F4O4/c1-6(4-10(17)18)7-2-3-8(19-11(13)14)9(5-7)20-12(15)16/h2-5,11-12H,1H3,(H,17,18)/b6-4-. The molecule has 4 nitrogen and oxygen atoms in total. The van der Waals surface area contributed by atoms with Gasteiger partial charge in [0.25, 0.3) is 0 Å². The van der Waals surface area contributed by atoms with Gasteiger partial charge in [-0.05, 0) is 30.2 Å². The molecule has 1 rings (SSSR count). The van der Waals surface area contributed by atoms with E-state index in [0.29, 0.717) is 0 Å². The van der Waals surface area contributed by atoms with Crippen LogP contribution in [0.25, 0.3) is 5.57 Å². The first-order valence-electron chi connectivity index (χ1n) is 5.25. The quantitative estimate of drug-likeness (QED) is 0.645. The van der Waals surface area contributed by atoms with Gasteiger partial charge in [-0.3, -0.25) is 0 Å². The van der Waals surface area contributed by atoms with Gasteiger partial charge >= 0.3 is 19.2 Å². The Labute approximate surface area is 111 Å². The molecule has 1 aromatic rings. The van der Waals surface area contributed by atoms with E-state index in [1.165, 1.54) is 13.0 Å². The molecule has 0 radical (unpaired) electrons. The number of aliphatic carboxylic acids is 1. The lowest BCUT2D eigenvalue weighted by Gasteiger charge is -2.13. The fourth-order valence-corrected chi connectivity index (χ4v) is 1.40. The largest absolute Gasteiger partial charge is 0.478 e. The van der Waals surface area contributed by atoms with Crippen LogP contribution in [-0.2, 0) is 4.79 Å². The number of carboxylic acids is 1. The molecule has 8 heteroatoms. The summed E-state index contributed by atoms with van der Waals surface area (Å²) < 4.78 is 56.8. The van der Waals surface area contributed by atoms with Crippen molar-refractivity contribution in [2.24, 2.45) is 0 Å². The maximum absolute atomic E-state index is 12.2. The average molecular weight is 294 g/mol. The third-order valence-corrected chi connectivity index (χ3v) is 2.17. The Morgan fingerprint density at radius 2 is 1.70 bits per heavy atom. The van der Waals surface area contributed by atoms with Gasteiger partial charge in [-0.2, -0.15) is 17.6 Å². The molecule has 0 atom stereocenters. The predicted molar refractivity (Wildman–Crippen MR) is 61.0 cm³/mol. The van der Waals surface area contributed by atoms with Crippen LogP contribution in [0.2, 0.25) is 0 Å². The van der Waals surface area contributed by atoms with Crippen LogP contribution in [-0.4, -0.2) is 24.3 Å². The van der Waals surface area contributed by atoms with Gasteiger partial charge in [0.1, 0.15) is 0 Å². The average Bonchev–Trinajstić information content (AvgIpc) is 2.29. The van der Waals surface area contributed by atoms with E-state index in [4.69, 9.17) is 5.11 Å². The highest BCUT2D eigenvalue weighted by atomic mass is 19.3. The number of halogens is 4. The maximum atomic E-state index is 12.2. The minimum atomic E-state index is -3.23. The molecule has 110 valence electrons. The number of carbonyl (C=O) groups is 1. The Morgan fingerprint density at radius 3 is 2.20 bits per heavy atom. The molecule has 0 saturated carbocycles. The van der Waals surface area contributed by atoms with Gasteiger partial charge < -0.3 is 14.6 Å². The molecule has 0 fully saturated rings. The molecule has 0 unspecified atom stereocenters. The summed E-state index contributed by atoms with van der Waals surface area (Å²) >= 11 is 0. The minimum absolute atomic E-state index is 0.227. The Kier molecular flexibility index (Phi) is 5.36. The van der Waals surface area contributed by atoms with E-state index in [1.807, 2.05) is 0 Å². The number of benzene rings is 1. The molecule has 0 spiro atoms. The van der Waals surface area contributed by atoms with Crippen molar-refractivity contribution < 1.29 is 36.9 Å². The first-order valence-corrected chi connectivity index (χ1v) is 5.25. The van der Waals surface area contributed by atoms with Crippen LogP contribution in [0.4, 0.5) is 17.6 Å². The van der Waals surface area contributed by atoms with Crippen molar-refractivity contribution >= 4 is 11.5 Å². The Morgan fingerprint density at radius 1 is 1.15 bits per heavy atom. The van der Waals surface area contributed by atoms with Crippen LogP contribution in [0.15, 0.2) is 24.3 Å². The van der Waals surface area contributed by atoms with Crippen molar-refractivity contribution in [1.29, 1.82) is 0 Å². The monoisotopic (exact) mass is 294 g/mol. The van der Waals surface area contributed by atoms with Crippen molar-refractivity contribution in [3.8, 4) is 11.5 Å². The molecule has 0 aromatic heterocycles. The van der Waals surface area contributed by atoms with Gasteiger partial charge in [-0.1, -0.05) is 6.07 Å². The lowest BCUT2D eigenvalue weighted by atomic mass is 10.1. The van der Waals surface area contributed by atoms with Gasteiger partial charge in [0.15, 0.2) is 11.5 Å². The molecule has 0 aliphatic rings. The van der Waals surface area contributed by atoms with Gasteiger partial charge in [-0.25, -0.2) is 4.79 Å².